The van der Waals surface area contributed by atoms with Gasteiger partial charge in [0.15, 0.2) is 5.82 Å². The van der Waals surface area contributed by atoms with E-state index in [2.05, 4.69) is 22.5 Å². The number of hydrogen-bond acceptors (Lipinski definition) is 5. The average Bonchev–Trinajstić information content (AvgIpc) is 3.16. The maximum absolute atomic E-state index is 12.1. The molecule has 0 aliphatic rings. The van der Waals surface area contributed by atoms with Crippen molar-refractivity contribution in [3.05, 3.63) is 30.1 Å². The number of carboxylic acids is 1. The van der Waals surface area contributed by atoms with Crippen molar-refractivity contribution in [1.82, 2.24) is 14.5 Å². The van der Waals surface area contributed by atoms with Crippen LogP contribution in [0.25, 0.3) is 21.9 Å². The number of carbonyl (C=O) groups is 2. The minimum Gasteiger partial charge on any atom is -0.481 e. The molecule has 0 bridgehead atoms. The highest BCUT2D eigenvalue weighted by atomic mass is 16.4. The number of aromatic nitrogens is 3. The van der Waals surface area contributed by atoms with Crippen LogP contribution in [0.15, 0.2) is 24.3 Å². The monoisotopic (exact) mass is 452 g/mol. The molecule has 2 heterocycles. The molecule has 3 aromatic rings. The van der Waals surface area contributed by atoms with Crippen molar-refractivity contribution in [3.8, 4) is 0 Å². The Balaban J connectivity index is 1.58. The minimum absolute atomic E-state index is 0.189. The van der Waals surface area contributed by atoms with Gasteiger partial charge in [0.1, 0.15) is 17.1 Å². The summed E-state index contributed by atoms with van der Waals surface area (Å²) in [4.78, 5) is 32.1. The van der Waals surface area contributed by atoms with E-state index in [4.69, 9.17) is 15.8 Å². The van der Waals surface area contributed by atoms with Crippen LogP contribution in [0.5, 0.6) is 0 Å². The molecule has 0 unspecified atom stereocenters. The number of nitrogen functional groups attached to an aromatic ring is 1. The van der Waals surface area contributed by atoms with Crippen molar-refractivity contribution in [2.24, 2.45) is 0 Å². The number of carboxylic acid groups (broad SMARTS) is 1. The number of hydrogen-bond donors (Lipinski definition) is 2. The quantitative estimate of drug-likeness (QED) is 0.287. The number of para-hydroxylation sites is 1. The zero-order valence-corrected chi connectivity index (χ0v) is 19.7. The maximum Gasteiger partial charge on any atom is 0.303 e. The lowest BCUT2D eigenvalue weighted by molar-refractivity contribution is -0.137. The van der Waals surface area contributed by atoms with Crippen LogP contribution in [0.3, 0.4) is 0 Å². The molecule has 0 amide bonds. The first-order valence-corrected chi connectivity index (χ1v) is 12.3. The summed E-state index contributed by atoms with van der Waals surface area (Å²) in [6.07, 6.45) is 9.54. The summed E-state index contributed by atoms with van der Waals surface area (Å²) in [6, 6.07) is 8.07. The van der Waals surface area contributed by atoms with Crippen LogP contribution < -0.4 is 5.73 Å². The summed E-state index contributed by atoms with van der Waals surface area (Å²) in [5, 5.41) is 9.74. The summed E-state index contributed by atoms with van der Waals surface area (Å²) in [5.74, 6) is 1.06. The Bertz CT molecular complexity index is 1090. The van der Waals surface area contributed by atoms with E-state index in [1.54, 1.807) is 0 Å². The van der Waals surface area contributed by atoms with Gasteiger partial charge in [0, 0.05) is 37.6 Å². The number of Topliss-reactive ketones (excluding diaryl/α,β-unsaturated/α-hetero) is 1. The number of aliphatic carboxylic acids is 1. The Morgan fingerprint density at radius 2 is 1.64 bits per heavy atom. The molecule has 0 aliphatic carbocycles. The lowest BCUT2D eigenvalue weighted by Gasteiger charge is -2.11. The topological polar surface area (TPSA) is 111 Å². The van der Waals surface area contributed by atoms with Gasteiger partial charge in [-0.3, -0.25) is 9.59 Å². The zero-order valence-electron chi connectivity index (χ0n) is 19.7. The van der Waals surface area contributed by atoms with Crippen molar-refractivity contribution in [2.45, 2.75) is 90.5 Å². The minimum atomic E-state index is -0.767. The fourth-order valence-corrected chi connectivity index (χ4v) is 4.34. The summed E-state index contributed by atoms with van der Waals surface area (Å²) >= 11 is 0. The molecular formula is C26H36N4O3. The second kappa shape index (κ2) is 12.3. The molecule has 0 fully saturated rings. The van der Waals surface area contributed by atoms with Crippen LogP contribution in [-0.2, 0) is 22.6 Å². The highest BCUT2D eigenvalue weighted by molar-refractivity contribution is 6.06. The van der Waals surface area contributed by atoms with Gasteiger partial charge in [-0.1, -0.05) is 44.4 Å². The van der Waals surface area contributed by atoms with Crippen LogP contribution in [-0.4, -0.2) is 31.4 Å². The highest BCUT2D eigenvalue weighted by Gasteiger charge is 2.16. The van der Waals surface area contributed by atoms with E-state index in [1.165, 1.54) is 0 Å². The van der Waals surface area contributed by atoms with E-state index in [0.29, 0.717) is 25.1 Å². The molecule has 0 aliphatic heterocycles. The number of imidazole rings is 1. The molecule has 0 radical (unpaired) electrons. The number of nitrogens with two attached hydrogens (primary N) is 1. The third kappa shape index (κ3) is 6.76. The number of carbonyl (C=O) groups excluding carboxylic acids is 1. The zero-order chi connectivity index (χ0) is 23.6. The van der Waals surface area contributed by atoms with Crippen LogP contribution in [0.2, 0.25) is 0 Å². The van der Waals surface area contributed by atoms with E-state index in [0.717, 1.165) is 85.7 Å². The van der Waals surface area contributed by atoms with Crippen molar-refractivity contribution in [3.63, 3.8) is 0 Å². The molecule has 3 rings (SSSR count). The largest absolute Gasteiger partial charge is 0.481 e. The molecule has 1 aromatic carbocycles. The van der Waals surface area contributed by atoms with Gasteiger partial charge in [0.2, 0.25) is 0 Å². The SMILES string of the molecule is CCCCc1nc2c(N)nc3ccccc3c2n1CCCCCC(=O)CCCCCC(=O)O. The number of aryl methyl sites for hydroxylation is 2. The third-order valence-electron chi connectivity index (χ3n) is 6.13. The fraction of sp³-hybridized carbons (Fsp3) is 0.538. The van der Waals surface area contributed by atoms with Gasteiger partial charge in [0.25, 0.3) is 0 Å². The molecule has 33 heavy (non-hydrogen) atoms. The lowest BCUT2D eigenvalue weighted by atomic mass is 10.0. The summed E-state index contributed by atoms with van der Waals surface area (Å²) in [6.45, 7) is 3.04. The molecule has 3 N–H and O–H groups in total. The normalized spacial score (nSPS) is 11.4. The molecule has 0 saturated heterocycles. The highest BCUT2D eigenvalue weighted by Crippen LogP contribution is 2.29. The lowest BCUT2D eigenvalue weighted by Crippen LogP contribution is -2.05. The van der Waals surface area contributed by atoms with Crippen LogP contribution in [0.4, 0.5) is 5.82 Å². The van der Waals surface area contributed by atoms with Gasteiger partial charge in [-0.25, -0.2) is 9.97 Å². The van der Waals surface area contributed by atoms with Gasteiger partial charge in [0.05, 0.1) is 11.0 Å². The van der Waals surface area contributed by atoms with Crippen LogP contribution >= 0.6 is 0 Å². The van der Waals surface area contributed by atoms with Crippen molar-refractivity contribution >= 4 is 39.5 Å². The molecule has 2 aromatic heterocycles. The van der Waals surface area contributed by atoms with E-state index < -0.39 is 5.97 Å². The van der Waals surface area contributed by atoms with Gasteiger partial charge >= 0.3 is 5.97 Å². The first kappa shape index (κ1) is 24.7. The molecule has 0 spiro atoms. The molecule has 0 saturated carbocycles. The Labute approximate surface area is 195 Å². The number of unbranched alkanes of at least 4 members (excludes halogenated alkanes) is 5. The van der Waals surface area contributed by atoms with Crippen molar-refractivity contribution < 1.29 is 14.7 Å². The first-order chi connectivity index (χ1) is 16.0. The van der Waals surface area contributed by atoms with Gasteiger partial charge in [-0.05, 0) is 38.2 Å². The standard InChI is InChI=1S/C26H36N4O3/c1-2-3-16-22-29-24-25(20-14-9-10-15-21(20)28-26(24)27)30(22)18-11-5-7-13-19(31)12-6-4-8-17-23(32)33/h9-10,14-15H,2-8,11-13,16-18H2,1H3,(H2,27,28)(H,32,33). The summed E-state index contributed by atoms with van der Waals surface area (Å²) < 4.78 is 2.32. The van der Waals surface area contributed by atoms with Gasteiger partial charge < -0.3 is 15.4 Å². The van der Waals surface area contributed by atoms with Crippen LogP contribution in [0, 0.1) is 0 Å². The molecule has 7 nitrogen and oxygen atoms in total. The number of ketones is 1. The Hall–Kier alpha value is -2.96. The Kier molecular flexibility index (Phi) is 9.22. The average molecular weight is 453 g/mol. The second-order valence-corrected chi connectivity index (χ2v) is 8.80. The second-order valence-electron chi connectivity index (χ2n) is 8.80. The van der Waals surface area contributed by atoms with E-state index in [1.807, 2.05) is 18.2 Å². The fourth-order valence-electron chi connectivity index (χ4n) is 4.34. The predicted octanol–water partition coefficient (Wildman–Crippen LogP) is 5.67. The number of fused-ring (bicyclic) bond motifs is 3. The number of rotatable bonds is 15. The summed E-state index contributed by atoms with van der Waals surface area (Å²) in [5.41, 5.74) is 9.01. The maximum atomic E-state index is 12.1. The van der Waals surface area contributed by atoms with Gasteiger partial charge in [-0.2, -0.15) is 0 Å². The number of benzene rings is 1. The van der Waals surface area contributed by atoms with Gasteiger partial charge in [-0.15, -0.1) is 0 Å². The van der Waals surface area contributed by atoms with Crippen LogP contribution in [0.1, 0.15) is 83.4 Å². The van der Waals surface area contributed by atoms with E-state index in [-0.39, 0.29) is 12.2 Å². The summed E-state index contributed by atoms with van der Waals surface area (Å²) in [7, 11) is 0. The molecular weight excluding hydrogens is 416 g/mol. The Morgan fingerprint density at radius 1 is 0.939 bits per heavy atom. The van der Waals surface area contributed by atoms with E-state index >= 15 is 0 Å². The Morgan fingerprint density at radius 3 is 2.36 bits per heavy atom. The van der Waals surface area contributed by atoms with Crippen molar-refractivity contribution in [2.75, 3.05) is 5.73 Å². The molecule has 7 heteroatoms. The third-order valence-corrected chi connectivity index (χ3v) is 6.13. The number of pyridine rings is 1. The molecule has 178 valence electrons. The molecule has 0 atom stereocenters. The number of anilines is 1. The number of nitrogens with zero attached hydrogens (tertiary/aromatic N) is 3. The predicted molar refractivity (Wildman–Crippen MR) is 132 cm³/mol. The van der Waals surface area contributed by atoms with Crippen molar-refractivity contribution in [1.29, 1.82) is 0 Å². The smallest absolute Gasteiger partial charge is 0.303 e. The first-order valence-electron chi connectivity index (χ1n) is 12.3. The van der Waals surface area contributed by atoms with E-state index in [9.17, 15) is 9.59 Å².